The molecule has 0 atom stereocenters. The highest BCUT2D eigenvalue weighted by molar-refractivity contribution is 9.10. The first-order chi connectivity index (χ1) is 6.56. The molecule has 0 aliphatic heterocycles. The zero-order valence-electron chi connectivity index (χ0n) is 6.99. The Kier molecular flexibility index (Phi) is 3.10. The predicted molar refractivity (Wildman–Crippen MR) is 51.9 cm³/mol. The molecule has 0 aliphatic carbocycles. The average molecular weight is 256 g/mol. The van der Waals surface area contributed by atoms with Crippen molar-refractivity contribution in [1.29, 1.82) is 5.26 Å². The molecule has 0 aliphatic rings. The first-order valence-corrected chi connectivity index (χ1v) is 4.47. The van der Waals surface area contributed by atoms with Crippen LogP contribution in [0, 0.1) is 11.3 Å². The van der Waals surface area contributed by atoms with Crippen LogP contribution in [0.4, 0.5) is 0 Å². The minimum absolute atomic E-state index is 0.127. The molecule has 4 nitrogen and oxygen atoms in total. The first-order valence-electron chi connectivity index (χ1n) is 3.68. The van der Waals surface area contributed by atoms with Crippen LogP contribution in [0.5, 0.6) is 5.75 Å². The molecule has 1 rings (SSSR count). The summed E-state index contributed by atoms with van der Waals surface area (Å²) < 4.78 is 0.336. The van der Waals surface area contributed by atoms with Gasteiger partial charge in [0.2, 0.25) is 0 Å². The second-order valence-corrected chi connectivity index (χ2v) is 3.40. The number of carboxylic acid groups (broad SMARTS) is 1. The maximum Gasteiger partial charge on any atom is 0.308 e. The average Bonchev–Trinajstić information content (AvgIpc) is 2.12. The number of nitrogens with zero attached hydrogens (tertiary/aromatic N) is 1. The van der Waals surface area contributed by atoms with Gasteiger partial charge in [-0.15, -0.1) is 0 Å². The molecule has 0 spiro atoms. The van der Waals surface area contributed by atoms with Gasteiger partial charge in [0.1, 0.15) is 11.8 Å². The van der Waals surface area contributed by atoms with Gasteiger partial charge < -0.3 is 10.2 Å². The lowest BCUT2D eigenvalue weighted by atomic mass is 10.1. The first kappa shape index (κ1) is 10.5. The molecule has 14 heavy (non-hydrogen) atoms. The molecule has 0 heterocycles. The molecular weight excluding hydrogens is 250 g/mol. The van der Waals surface area contributed by atoms with Crippen molar-refractivity contribution in [1.82, 2.24) is 0 Å². The monoisotopic (exact) mass is 255 g/mol. The second kappa shape index (κ2) is 4.11. The van der Waals surface area contributed by atoms with Crippen LogP contribution in [-0.4, -0.2) is 16.2 Å². The molecule has 0 saturated heterocycles. The number of aliphatic carboxylic acids is 1. The van der Waals surface area contributed by atoms with Gasteiger partial charge in [-0.3, -0.25) is 4.79 Å². The SMILES string of the molecule is N#Cc1ccc(O)c(CC(=O)O)c1Br. The number of hydrogen-bond donors (Lipinski definition) is 2. The van der Waals surface area contributed by atoms with E-state index < -0.39 is 5.97 Å². The fraction of sp³-hybridized carbons (Fsp3) is 0.111. The minimum atomic E-state index is -1.06. The second-order valence-electron chi connectivity index (χ2n) is 2.61. The molecule has 0 aromatic heterocycles. The maximum absolute atomic E-state index is 10.5. The molecule has 0 bridgehead atoms. The number of phenols is 1. The largest absolute Gasteiger partial charge is 0.508 e. The predicted octanol–water partition coefficient (Wildman–Crippen LogP) is 1.65. The van der Waals surface area contributed by atoms with Gasteiger partial charge in [-0.1, -0.05) is 0 Å². The Bertz CT molecular complexity index is 423. The van der Waals surface area contributed by atoms with Crippen molar-refractivity contribution in [3.63, 3.8) is 0 Å². The molecule has 0 unspecified atom stereocenters. The summed E-state index contributed by atoms with van der Waals surface area (Å²) in [5, 5.41) is 26.6. The van der Waals surface area contributed by atoms with Crippen molar-refractivity contribution in [3.05, 3.63) is 27.7 Å². The maximum atomic E-state index is 10.5. The topological polar surface area (TPSA) is 81.3 Å². The van der Waals surface area contributed by atoms with Crippen molar-refractivity contribution >= 4 is 21.9 Å². The highest BCUT2D eigenvalue weighted by atomic mass is 79.9. The minimum Gasteiger partial charge on any atom is -0.508 e. The fourth-order valence-corrected chi connectivity index (χ4v) is 1.58. The number of rotatable bonds is 2. The Balaban J connectivity index is 3.27. The molecule has 2 N–H and O–H groups in total. The van der Waals surface area contributed by atoms with E-state index in [0.717, 1.165) is 0 Å². The van der Waals surface area contributed by atoms with Crippen LogP contribution in [0.25, 0.3) is 0 Å². The van der Waals surface area contributed by atoms with Gasteiger partial charge in [-0.25, -0.2) is 0 Å². The Labute approximate surface area is 88.5 Å². The van der Waals surface area contributed by atoms with Gasteiger partial charge in [0, 0.05) is 10.0 Å². The third kappa shape index (κ3) is 2.03. The van der Waals surface area contributed by atoms with Gasteiger partial charge in [0.25, 0.3) is 0 Å². The van der Waals surface area contributed by atoms with Gasteiger partial charge in [-0.2, -0.15) is 5.26 Å². The molecule has 1 aromatic rings. The summed E-state index contributed by atoms with van der Waals surface area (Å²) in [6, 6.07) is 4.61. The van der Waals surface area contributed by atoms with Crippen LogP contribution in [-0.2, 0) is 11.2 Å². The third-order valence-electron chi connectivity index (χ3n) is 1.67. The number of hydrogen-bond acceptors (Lipinski definition) is 3. The molecule has 1 aromatic carbocycles. The van der Waals surface area contributed by atoms with Gasteiger partial charge >= 0.3 is 5.97 Å². The van der Waals surface area contributed by atoms with Gasteiger partial charge in [0.05, 0.1) is 12.0 Å². The summed E-state index contributed by atoms with van der Waals surface area (Å²) in [6.07, 6.45) is -0.318. The standard InChI is InChI=1S/C9H6BrNO3/c10-9-5(4-11)1-2-7(12)6(9)3-8(13)14/h1-2,12H,3H2,(H,13,14). The van der Waals surface area contributed by atoms with Crippen molar-refractivity contribution in [2.24, 2.45) is 0 Å². The summed E-state index contributed by atoms with van der Waals surface area (Å²) in [7, 11) is 0. The van der Waals surface area contributed by atoms with E-state index >= 15 is 0 Å². The Morgan fingerprint density at radius 1 is 1.57 bits per heavy atom. The number of nitriles is 1. The van der Waals surface area contributed by atoms with Crippen molar-refractivity contribution in [3.8, 4) is 11.8 Å². The van der Waals surface area contributed by atoms with E-state index in [9.17, 15) is 9.90 Å². The number of benzene rings is 1. The molecule has 0 fully saturated rings. The lowest BCUT2D eigenvalue weighted by molar-refractivity contribution is -0.136. The summed E-state index contributed by atoms with van der Waals surface area (Å²) in [4.78, 5) is 10.5. The zero-order valence-corrected chi connectivity index (χ0v) is 8.58. The van der Waals surface area contributed by atoms with Crippen LogP contribution in [0.1, 0.15) is 11.1 Å². The quantitative estimate of drug-likeness (QED) is 0.842. The number of phenolic OH excluding ortho intramolecular Hbond substituents is 1. The van der Waals surface area contributed by atoms with E-state index in [2.05, 4.69) is 15.9 Å². The van der Waals surface area contributed by atoms with Crippen molar-refractivity contribution < 1.29 is 15.0 Å². The molecule has 5 heteroatoms. The lowest BCUT2D eigenvalue weighted by Crippen LogP contribution is -2.02. The highest BCUT2D eigenvalue weighted by Crippen LogP contribution is 2.29. The molecule has 0 saturated carbocycles. The van der Waals surface area contributed by atoms with E-state index in [1.807, 2.05) is 6.07 Å². The molecule has 0 amide bonds. The lowest BCUT2D eigenvalue weighted by Gasteiger charge is -2.05. The van der Waals surface area contributed by atoms with Crippen LogP contribution >= 0.6 is 15.9 Å². The number of aromatic hydroxyl groups is 1. The molecule has 72 valence electrons. The van der Waals surface area contributed by atoms with Gasteiger partial charge in [-0.05, 0) is 28.1 Å². The third-order valence-corrected chi connectivity index (χ3v) is 2.57. The van der Waals surface area contributed by atoms with E-state index in [0.29, 0.717) is 10.0 Å². The summed E-state index contributed by atoms with van der Waals surface area (Å²) in [5.41, 5.74) is 0.524. The van der Waals surface area contributed by atoms with E-state index in [1.165, 1.54) is 12.1 Å². The summed E-state index contributed by atoms with van der Waals surface area (Å²) in [6.45, 7) is 0. The van der Waals surface area contributed by atoms with Crippen LogP contribution in [0.2, 0.25) is 0 Å². The van der Waals surface area contributed by atoms with E-state index in [-0.39, 0.29) is 17.7 Å². The Morgan fingerprint density at radius 2 is 2.21 bits per heavy atom. The number of carbonyl (C=O) groups is 1. The zero-order chi connectivity index (χ0) is 10.7. The summed E-state index contributed by atoms with van der Waals surface area (Å²) >= 11 is 3.07. The van der Waals surface area contributed by atoms with E-state index in [4.69, 9.17) is 10.4 Å². The van der Waals surface area contributed by atoms with Crippen molar-refractivity contribution in [2.45, 2.75) is 6.42 Å². The van der Waals surface area contributed by atoms with Crippen LogP contribution < -0.4 is 0 Å². The number of halogens is 1. The smallest absolute Gasteiger partial charge is 0.308 e. The fourth-order valence-electron chi connectivity index (χ4n) is 1.02. The van der Waals surface area contributed by atoms with Crippen LogP contribution in [0.15, 0.2) is 16.6 Å². The summed E-state index contributed by atoms with van der Waals surface area (Å²) in [5.74, 6) is -1.19. The van der Waals surface area contributed by atoms with E-state index in [1.54, 1.807) is 0 Å². The highest BCUT2D eigenvalue weighted by Gasteiger charge is 2.13. The van der Waals surface area contributed by atoms with Gasteiger partial charge in [0.15, 0.2) is 0 Å². The molecular formula is C9H6BrNO3. The number of carboxylic acids is 1. The normalized spacial score (nSPS) is 9.43. The van der Waals surface area contributed by atoms with Crippen molar-refractivity contribution in [2.75, 3.05) is 0 Å². The van der Waals surface area contributed by atoms with Crippen LogP contribution in [0.3, 0.4) is 0 Å². The molecule has 0 radical (unpaired) electrons. The Hall–Kier alpha value is -1.54. The Morgan fingerprint density at radius 3 is 2.71 bits per heavy atom.